The second kappa shape index (κ2) is 3.03. The van der Waals surface area contributed by atoms with Crippen LogP contribution >= 0.6 is 23.1 Å². The number of thiophene rings is 1. The molecule has 48 valence electrons. The largest absolute Gasteiger partial charge is 0.287 e. The molecular formula is C6H6OS2. The summed E-state index contributed by atoms with van der Waals surface area (Å²) < 4.78 is 0. The van der Waals surface area contributed by atoms with Crippen molar-refractivity contribution in [2.24, 2.45) is 0 Å². The van der Waals surface area contributed by atoms with Crippen LogP contribution in [-0.2, 0) is 4.79 Å². The van der Waals surface area contributed by atoms with Crippen molar-refractivity contribution in [2.75, 3.05) is 0 Å². The average molecular weight is 158 g/mol. The highest BCUT2D eigenvalue weighted by atomic mass is 32.2. The van der Waals surface area contributed by atoms with Gasteiger partial charge in [0.25, 0.3) is 0 Å². The Morgan fingerprint density at radius 2 is 2.56 bits per heavy atom. The Morgan fingerprint density at radius 1 is 1.78 bits per heavy atom. The molecule has 0 saturated heterocycles. The lowest BCUT2D eigenvalue weighted by Crippen LogP contribution is -1.76. The third-order valence-corrected chi connectivity index (χ3v) is 2.37. The summed E-state index contributed by atoms with van der Waals surface area (Å²) in [6, 6.07) is 1.94. The van der Waals surface area contributed by atoms with Crippen molar-refractivity contribution in [3.63, 3.8) is 0 Å². The first-order valence-corrected chi connectivity index (χ1v) is 4.25. The van der Waals surface area contributed by atoms with E-state index in [2.05, 4.69) is 0 Å². The van der Waals surface area contributed by atoms with Gasteiger partial charge in [0.1, 0.15) is 0 Å². The molecule has 1 nitrogen and oxygen atoms in total. The van der Waals surface area contributed by atoms with Crippen molar-refractivity contribution in [2.45, 2.75) is 11.8 Å². The molecule has 0 N–H and O–H groups in total. The van der Waals surface area contributed by atoms with E-state index in [9.17, 15) is 4.79 Å². The predicted molar refractivity (Wildman–Crippen MR) is 40.9 cm³/mol. The lowest BCUT2D eigenvalue weighted by atomic mass is 10.7. The standard InChI is InChI=1S/C6H6OS2/c1-5(7)9-6-2-3-8-4-6/h2-4H,1H3. The zero-order valence-electron chi connectivity index (χ0n) is 4.96. The smallest absolute Gasteiger partial charge is 0.190 e. The minimum atomic E-state index is 0.147. The van der Waals surface area contributed by atoms with Crippen molar-refractivity contribution >= 4 is 28.2 Å². The van der Waals surface area contributed by atoms with E-state index < -0.39 is 0 Å². The fraction of sp³-hybridized carbons (Fsp3) is 0.167. The second-order valence-electron chi connectivity index (χ2n) is 1.55. The predicted octanol–water partition coefficient (Wildman–Crippen LogP) is 2.39. The van der Waals surface area contributed by atoms with E-state index >= 15 is 0 Å². The summed E-state index contributed by atoms with van der Waals surface area (Å²) in [5, 5.41) is 4.07. The summed E-state index contributed by atoms with van der Waals surface area (Å²) in [7, 11) is 0. The maximum absolute atomic E-state index is 10.5. The molecule has 0 saturated carbocycles. The summed E-state index contributed by atoms with van der Waals surface area (Å²) in [5.41, 5.74) is 0. The number of hydrogen-bond acceptors (Lipinski definition) is 3. The Bertz CT molecular complexity index is 191. The maximum Gasteiger partial charge on any atom is 0.190 e. The average Bonchev–Trinajstić information content (AvgIpc) is 2.15. The quantitative estimate of drug-likeness (QED) is 0.584. The van der Waals surface area contributed by atoms with E-state index in [0.717, 1.165) is 4.90 Å². The van der Waals surface area contributed by atoms with Gasteiger partial charge in [0.05, 0.1) is 0 Å². The zero-order valence-corrected chi connectivity index (χ0v) is 6.59. The van der Waals surface area contributed by atoms with Gasteiger partial charge < -0.3 is 0 Å². The Kier molecular flexibility index (Phi) is 2.30. The van der Waals surface area contributed by atoms with Gasteiger partial charge in [0.15, 0.2) is 5.12 Å². The molecule has 0 aromatic carbocycles. The molecule has 0 bridgehead atoms. The number of carbonyl (C=O) groups is 1. The summed E-state index contributed by atoms with van der Waals surface area (Å²) in [6.45, 7) is 1.57. The highest BCUT2D eigenvalue weighted by Gasteiger charge is 1.95. The van der Waals surface area contributed by atoms with Crippen LogP contribution in [0.3, 0.4) is 0 Å². The molecule has 1 aromatic heterocycles. The SMILES string of the molecule is CC(=O)Sc1ccsc1. The second-order valence-corrected chi connectivity index (χ2v) is 3.58. The monoisotopic (exact) mass is 158 g/mol. The maximum atomic E-state index is 10.5. The van der Waals surface area contributed by atoms with Crippen LogP contribution < -0.4 is 0 Å². The Morgan fingerprint density at radius 3 is 3.00 bits per heavy atom. The molecule has 0 unspecified atom stereocenters. The van der Waals surface area contributed by atoms with Crippen molar-refractivity contribution in [1.82, 2.24) is 0 Å². The van der Waals surface area contributed by atoms with Crippen LogP contribution in [0.25, 0.3) is 0 Å². The van der Waals surface area contributed by atoms with Crippen LogP contribution in [0.5, 0.6) is 0 Å². The minimum Gasteiger partial charge on any atom is -0.287 e. The van der Waals surface area contributed by atoms with Gasteiger partial charge in [-0.1, -0.05) is 11.8 Å². The van der Waals surface area contributed by atoms with Gasteiger partial charge in [-0.15, -0.1) is 0 Å². The number of thioether (sulfide) groups is 1. The van der Waals surface area contributed by atoms with Crippen LogP contribution in [0.4, 0.5) is 0 Å². The highest BCUT2D eigenvalue weighted by molar-refractivity contribution is 8.13. The molecular weight excluding hydrogens is 152 g/mol. The first-order chi connectivity index (χ1) is 4.29. The van der Waals surface area contributed by atoms with Crippen LogP contribution in [0.2, 0.25) is 0 Å². The van der Waals surface area contributed by atoms with E-state index in [-0.39, 0.29) is 5.12 Å². The third kappa shape index (κ3) is 2.20. The Hall–Kier alpha value is -0.280. The van der Waals surface area contributed by atoms with Gasteiger partial charge >= 0.3 is 0 Å². The zero-order chi connectivity index (χ0) is 6.69. The van der Waals surface area contributed by atoms with Crippen LogP contribution in [0, 0.1) is 0 Å². The van der Waals surface area contributed by atoms with Crippen LogP contribution in [0.15, 0.2) is 21.7 Å². The Balaban J connectivity index is 2.58. The van der Waals surface area contributed by atoms with Gasteiger partial charge in [-0.3, -0.25) is 4.79 Å². The van der Waals surface area contributed by atoms with Gasteiger partial charge in [0, 0.05) is 17.2 Å². The normalized spacial score (nSPS) is 9.44. The fourth-order valence-electron chi connectivity index (χ4n) is 0.476. The van der Waals surface area contributed by atoms with E-state index in [1.54, 1.807) is 18.3 Å². The topological polar surface area (TPSA) is 17.1 Å². The molecule has 0 aliphatic heterocycles. The summed E-state index contributed by atoms with van der Waals surface area (Å²) in [5.74, 6) is 0. The lowest BCUT2D eigenvalue weighted by molar-refractivity contribution is -0.109. The molecule has 3 heteroatoms. The molecule has 0 fully saturated rings. The van der Waals surface area contributed by atoms with Crippen molar-refractivity contribution < 1.29 is 4.79 Å². The molecule has 1 aromatic rings. The first-order valence-electron chi connectivity index (χ1n) is 2.49. The Labute approximate surface area is 62.1 Å². The van der Waals surface area contributed by atoms with Crippen molar-refractivity contribution in [1.29, 1.82) is 0 Å². The van der Waals surface area contributed by atoms with E-state index in [1.165, 1.54) is 11.8 Å². The van der Waals surface area contributed by atoms with Crippen molar-refractivity contribution in [3.05, 3.63) is 16.8 Å². The number of carbonyl (C=O) groups excluding carboxylic acids is 1. The van der Waals surface area contributed by atoms with Gasteiger partial charge in [-0.25, -0.2) is 0 Å². The summed E-state index contributed by atoms with van der Waals surface area (Å²) >= 11 is 2.89. The molecule has 0 amide bonds. The van der Waals surface area contributed by atoms with Crippen LogP contribution in [0.1, 0.15) is 6.92 Å². The minimum absolute atomic E-state index is 0.147. The molecule has 1 heterocycles. The number of hydrogen-bond donors (Lipinski definition) is 0. The molecule has 0 aliphatic carbocycles. The van der Waals surface area contributed by atoms with Crippen molar-refractivity contribution in [3.8, 4) is 0 Å². The molecule has 9 heavy (non-hydrogen) atoms. The van der Waals surface area contributed by atoms with Gasteiger partial charge in [0.2, 0.25) is 0 Å². The third-order valence-electron chi connectivity index (χ3n) is 0.757. The molecule has 0 radical (unpaired) electrons. The fourth-order valence-corrected chi connectivity index (χ4v) is 1.91. The summed E-state index contributed by atoms with van der Waals surface area (Å²) in [6.07, 6.45) is 0. The molecule has 0 aliphatic rings. The van der Waals surface area contributed by atoms with Gasteiger partial charge in [-0.2, -0.15) is 11.3 Å². The molecule has 1 rings (SSSR count). The summed E-state index contributed by atoms with van der Waals surface area (Å²) in [4.78, 5) is 11.5. The van der Waals surface area contributed by atoms with Crippen LogP contribution in [-0.4, -0.2) is 5.12 Å². The molecule has 0 atom stereocenters. The number of rotatable bonds is 1. The lowest BCUT2D eigenvalue weighted by Gasteiger charge is -1.85. The van der Waals surface area contributed by atoms with Gasteiger partial charge in [-0.05, 0) is 11.4 Å². The molecule has 0 spiro atoms. The first kappa shape index (κ1) is 6.83. The highest BCUT2D eigenvalue weighted by Crippen LogP contribution is 2.20. The van der Waals surface area contributed by atoms with E-state index in [0.29, 0.717) is 0 Å². The van der Waals surface area contributed by atoms with E-state index in [4.69, 9.17) is 0 Å². The van der Waals surface area contributed by atoms with E-state index in [1.807, 2.05) is 16.8 Å².